The molecule has 0 radical (unpaired) electrons. The van der Waals surface area contributed by atoms with Crippen molar-refractivity contribution >= 4 is 28.5 Å². The van der Waals surface area contributed by atoms with Gasteiger partial charge in [0.05, 0.1) is 35.6 Å². The molecule has 0 unspecified atom stereocenters. The van der Waals surface area contributed by atoms with Crippen molar-refractivity contribution in [3.63, 3.8) is 0 Å². The Balaban J connectivity index is 1.57. The van der Waals surface area contributed by atoms with Crippen molar-refractivity contribution in [3.05, 3.63) is 91.0 Å². The first kappa shape index (κ1) is 29.7. The first-order valence-corrected chi connectivity index (χ1v) is 17.5. The lowest BCUT2D eigenvalue weighted by molar-refractivity contribution is -0.146. The predicted molar refractivity (Wildman–Crippen MR) is 160 cm³/mol. The maximum Gasteiger partial charge on any atom is 0.261 e. The number of hydrogen-bond donors (Lipinski definition) is 1. The van der Waals surface area contributed by atoms with Crippen LogP contribution in [0.3, 0.4) is 0 Å². The van der Waals surface area contributed by atoms with E-state index in [0.29, 0.717) is 30.8 Å². The minimum absolute atomic E-state index is 0.0580. The average Bonchev–Trinajstić information content (AvgIpc) is 2.94. The summed E-state index contributed by atoms with van der Waals surface area (Å²) in [7, 11) is -6.23. The zero-order chi connectivity index (χ0) is 28.1. The number of aliphatic hydroxyl groups excluding tert-OH is 1. The van der Waals surface area contributed by atoms with E-state index >= 15 is 0 Å². The number of sulfone groups is 1. The molecule has 7 heteroatoms. The summed E-state index contributed by atoms with van der Waals surface area (Å²) < 4.78 is 39.9. The van der Waals surface area contributed by atoms with Gasteiger partial charge in [0.2, 0.25) is 0 Å². The molecule has 0 aliphatic carbocycles. The van der Waals surface area contributed by atoms with Crippen LogP contribution in [0.4, 0.5) is 0 Å². The fraction of sp³-hybridized carbons (Fsp3) is 0.438. The summed E-state index contributed by atoms with van der Waals surface area (Å²) in [5.41, 5.74) is 0. The fourth-order valence-electron chi connectivity index (χ4n) is 5.88. The molecule has 3 aromatic carbocycles. The Kier molecular flexibility index (Phi) is 9.50. The zero-order valence-corrected chi connectivity index (χ0v) is 25.3. The normalized spacial score (nSPS) is 21.4. The predicted octanol–water partition coefficient (Wildman–Crippen LogP) is 4.97. The zero-order valence-electron chi connectivity index (χ0n) is 23.5. The lowest BCUT2D eigenvalue weighted by Gasteiger charge is -2.45. The van der Waals surface area contributed by atoms with E-state index in [9.17, 15) is 13.5 Å². The van der Waals surface area contributed by atoms with Gasteiger partial charge in [0, 0.05) is 5.92 Å². The average molecular weight is 567 g/mol. The first-order chi connectivity index (χ1) is 18.6. The van der Waals surface area contributed by atoms with Crippen molar-refractivity contribution in [2.24, 2.45) is 5.92 Å². The first-order valence-electron chi connectivity index (χ1n) is 13.9. The molecule has 4 atom stereocenters. The van der Waals surface area contributed by atoms with Crippen molar-refractivity contribution in [3.8, 4) is 0 Å². The Morgan fingerprint density at radius 2 is 1.41 bits per heavy atom. The number of hydrogen-bond acceptors (Lipinski definition) is 5. The monoisotopic (exact) mass is 566 g/mol. The summed E-state index contributed by atoms with van der Waals surface area (Å²) in [6.07, 6.45) is 0.323. The summed E-state index contributed by atoms with van der Waals surface area (Å²) in [4.78, 5) is 0.306. The van der Waals surface area contributed by atoms with E-state index in [0.717, 1.165) is 0 Å². The molecule has 0 spiro atoms. The summed E-state index contributed by atoms with van der Waals surface area (Å²) >= 11 is 0. The second kappa shape index (κ2) is 12.5. The lowest BCUT2D eigenvalue weighted by atomic mass is 9.91. The largest absolute Gasteiger partial charge is 0.405 e. The number of benzene rings is 3. The third kappa shape index (κ3) is 6.55. The molecule has 210 valence electrons. The van der Waals surface area contributed by atoms with Gasteiger partial charge in [-0.05, 0) is 46.8 Å². The molecule has 4 rings (SSSR count). The van der Waals surface area contributed by atoms with Crippen molar-refractivity contribution in [1.82, 2.24) is 0 Å². The molecule has 0 saturated carbocycles. The van der Waals surface area contributed by atoms with Gasteiger partial charge in [-0.15, -0.1) is 0 Å². The lowest BCUT2D eigenvalue weighted by Crippen LogP contribution is -2.67. The quantitative estimate of drug-likeness (QED) is 0.351. The maximum absolute atomic E-state index is 13.2. The second-order valence-electron chi connectivity index (χ2n) is 11.6. The van der Waals surface area contributed by atoms with E-state index in [-0.39, 0.29) is 22.8 Å². The van der Waals surface area contributed by atoms with Crippen molar-refractivity contribution < 1.29 is 22.7 Å². The fourth-order valence-corrected chi connectivity index (χ4v) is 12.2. The number of rotatable bonds is 10. The topological polar surface area (TPSA) is 72.8 Å². The smallest absolute Gasteiger partial charge is 0.261 e. The van der Waals surface area contributed by atoms with E-state index in [1.165, 1.54) is 10.4 Å². The molecule has 39 heavy (non-hydrogen) atoms. The molecule has 1 heterocycles. The molecule has 1 aliphatic rings. The molecule has 5 nitrogen and oxygen atoms in total. The summed E-state index contributed by atoms with van der Waals surface area (Å²) in [6, 6.07) is 29.5. The van der Waals surface area contributed by atoms with Gasteiger partial charge in [0.1, 0.15) is 0 Å². The van der Waals surface area contributed by atoms with Crippen LogP contribution in [0.1, 0.15) is 47.0 Å². The molecule has 1 fully saturated rings. The van der Waals surface area contributed by atoms with Crippen molar-refractivity contribution in [2.75, 3.05) is 12.4 Å². The number of aliphatic hydroxyl groups is 1. The van der Waals surface area contributed by atoms with Crippen LogP contribution in [-0.2, 0) is 19.0 Å². The standard InChI is InChI=1S/C32H42O5SSi/c1-5-25(24-38(34,35)27-15-9-6-10-16-27)31-30(33)22-21-26(37-31)23-36-39(32(2,3)4,28-17-11-7-12-18-28)29-19-13-8-14-20-29/h6-20,25-26,30-31,33H,5,21-24H2,1-4H3/t25-,26-,30+,31-/m0/s1. The third-order valence-corrected chi connectivity index (χ3v) is 14.8. The summed E-state index contributed by atoms with van der Waals surface area (Å²) in [6.45, 7) is 9.08. The highest BCUT2D eigenvalue weighted by molar-refractivity contribution is 7.91. The van der Waals surface area contributed by atoms with Crippen LogP contribution < -0.4 is 10.4 Å². The molecule has 0 bridgehead atoms. The van der Waals surface area contributed by atoms with Gasteiger partial charge in [-0.2, -0.15) is 0 Å². The Morgan fingerprint density at radius 3 is 1.90 bits per heavy atom. The molecular weight excluding hydrogens is 525 g/mol. The Bertz CT molecular complexity index is 1240. The van der Waals surface area contributed by atoms with Crippen LogP contribution >= 0.6 is 0 Å². The van der Waals surface area contributed by atoms with Crippen LogP contribution in [0.25, 0.3) is 0 Å². The van der Waals surface area contributed by atoms with Crippen molar-refractivity contribution in [1.29, 1.82) is 0 Å². The van der Waals surface area contributed by atoms with Gasteiger partial charge >= 0.3 is 0 Å². The van der Waals surface area contributed by atoms with Crippen LogP contribution in [0.2, 0.25) is 5.04 Å². The Hall–Kier alpha value is -2.29. The maximum atomic E-state index is 13.2. The minimum Gasteiger partial charge on any atom is -0.405 e. The van der Waals surface area contributed by atoms with Crippen LogP contribution in [0.15, 0.2) is 95.9 Å². The third-order valence-electron chi connectivity index (χ3n) is 7.94. The number of ether oxygens (including phenoxy) is 1. The SMILES string of the molecule is CC[C@@H](CS(=O)(=O)c1ccccc1)[C@@H]1O[C@H](CO[Si](c2ccccc2)(c2ccccc2)C(C)(C)C)CC[C@H]1O. The summed E-state index contributed by atoms with van der Waals surface area (Å²) in [5, 5.41) is 13.2. The van der Waals surface area contributed by atoms with Crippen LogP contribution in [-0.4, -0.2) is 52.5 Å². The highest BCUT2D eigenvalue weighted by Gasteiger charge is 2.51. The molecule has 1 N–H and O–H groups in total. The molecule has 0 aromatic heterocycles. The highest BCUT2D eigenvalue weighted by Crippen LogP contribution is 2.38. The van der Waals surface area contributed by atoms with Gasteiger partial charge in [-0.1, -0.05) is 107 Å². The molecule has 1 saturated heterocycles. The van der Waals surface area contributed by atoms with Gasteiger partial charge in [-0.3, -0.25) is 0 Å². The Labute approximate surface area is 235 Å². The molecule has 3 aromatic rings. The Morgan fingerprint density at radius 1 is 0.897 bits per heavy atom. The van der Waals surface area contributed by atoms with E-state index in [1.54, 1.807) is 30.3 Å². The van der Waals surface area contributed by atoms with Gasteiger partial charge in [0.15, 0.2) is 9.84 Å². The molecular formula is C32H42O5SSi. The second-order valence-corrected chi connectivity index (χ2v) is 17.9. The molecule has 0 amide bonds. The van der Waals surface area contributed by atoms with Gasteiger partial charge in [-0.25, -0.2) is 8.42 Å². The van der Waals surface area contributed by atoms with E-state index in [4.69, 9.17) is 9.16 Å². The molecule has 1 aliphatic heterocycles. The van der Waals surface area contributed by atoms with Crippen LogP contribution in [0, 0.1) is 5.92 Å². The van der Waals surface area contributed by atoms with Gasteiger partial charge < -0.3 is 14.3 Å². The van der Waals surface area contributed by atoms with Crippen LogP contribution in [0.5, 0.6) is 0 Å². The van der Waals surface area contributed by atoms with E-state index < -0.39 is 30.4 Å². The minimum atomic E-state index is -3.50. The van der Waals surface area contributed by atoms with E-state index in [2.05, 4.69) is 69.3 Å². The van der Waals surface area contributed by atoms with Crippen molar-refractivity contribution in [2.45, 2.75) is 75.2 Å². The van der Waals surface area contributed by atoms with E-state index in [1.807, 2.05) is 19.1 Å². The summed E-state index contributed by atoms with van der Waals surface area (Å²) in [5.74, 6) is -0.377. The highest BCUT2D eigenvalue weighted by atomic mass is 32.2. The van der Waals surface area contributed by atoms with Gasteiger partial charge in [0.25, 0.3) is 8.32 Å².